The van der Waals surface area contributed by atoms with E-state index in [1.807, 2.05) is 30.1 Å². The van der Waals surface area contributed by atoms with Crippen LogP contribution in [0.1, 0.15) is 50.1 Å². The van der Waals surface area contributed by atoms with E-state index in [4.69, 9.17) is 0 Å². The molecule has 2 amide bonds. The zero-order chi connectivity index (χ0) is 31.1. The maximum atomic E-state index is 16.0. The SMILES string of the molecule is Cc1ccc(-c2cn(C)c(=O)c(Nc3ccc(C4C(=O)N(C)CCN4C)cc3)n2)c(F)c1NC(=O)c1cc2c(s1)CCCC2. The molecule has 1 aliphatic carbocycles. The largest absolute Gasteiger partial charge is 0.343 e. The summed E-state index contributed by atoms with van der Waals surface area (Å²) < 4.78 is 17.4. The molecule has 0 spiro atoms. The third kappa shape index (κ3) is 5.65. The van der Waals surface area contributed by atoms with Crippen LogP contribution in [0.5, 0.6) is 0 Å². The van der Waals surface area contributed by atoms with Crippen molar-refractivity contribution in [2.75, 3.05) is 37.8 Å². The zero-order valence-electron chi connectivity index (χ0n) is 25.2. The summed E-state index contributed by atoms with van der Waals surface area (Å²) in [4.78, 5) is 49.0. The number of carbonyl (C=O) groups is 2. The third-order valence-electron chi connectivity index (χ3n) is 8.48. The number of rotatable bonds is 6. The van der Waals surface area contributed by atoms with Crippen molar-refractivity contribution >= 4 is 40.3 Å². The van der Waals surface area contributed by atoms with E-state index in [9.17, 15) is 14.4 Å². The molecule has 0 saturated carbocycles. The topological polar surface area (TPSA) is 99.6 Å². The molecule has 2 N–H and O–H groups in total. The van der Waals surface area contributed by atoms with Gasteiger partial charge in [-0.25, -0.2) is 9.37 Å². The van der Waals surface area contributed by atoms with Gasteiger partial charge in [0.2, 0.25) is 5.91 Å². The fourth-order valence-electron chi connectivity index (χ4n) is 5.85. The van der Waals surface area contributed by atoms with Crippen molar-refractivity contribution in [2.45, 2.75) is 38.6 Å². The number of amides is 2. The van der Waals surface area contributed by atoms with Crippen molar-refractivity contribution in [3.63, 3.8) is 0 Å². The van der Waals surface area contributed by atoms with Crippen molar-refractivity contribution < 1.29 is 14.0 Å². The van der Waals surface area contributed by atoms with Gasteiger partial charge in [0.05, 0.1) is 16.3 Å². The summed E-state index contributed by atoms with van der Waals surface area (Å²) in [6, 6.07) is 12.2. The fourth-order valence-corrected chi connectivity index (χ4v) is 6.99. The zero-order valence-corrected chi connectivity index (χ0v) is 26.1. The van der Waals surface area contributed by atoms with Gasteiger partial charge in [-0.15, -0.1) is 11.3 Å². The van der Waals surface area contributed by atoms with Crippen LogP contribution in [0, 0.1) is 12.7 Å². The highest BCUT2D eigenvalue weighted by atomic mass is 32.1. The Morgan fingerprint density at radius 3 is 2.52 bits per heavy atom. The van der Waals surface area contributed by atoms with E-state index in [1.54, 1.807) is 50.2 Å². The molecule has 3 heterocycles. The molecular formula is C33H35FN6O3S. The molecule has 11 heteroatoms. The molecule has 9 nitrogen and oxygen atoms in total. The lowest BCUT2D eigenvalue weighted by atomic mass is 9.99. The average Bonchev–Trinajstić information content (AvgIpc) is 3.45. The van der Waals surface area contributed by atoms with Crippen LogP contribution in [0.25, 0.3) is 11.3 Å². The standard InChI is InChI=1S/C33H35FN6O3S/c1-19-9-14-23(27(34)28(19)37-31(41)26-17-21-7-5-6-8-25(21)44-26)24-18-40(4)33(43)30(36-24)35-22-12-10-20(11-13-22)29-32(42)39(3)16-15-38(29)2/h9-14,17-18,29H,5-8,15-16H2,1-4H3,(H,35,36)(H,37,41). The van der Waals surface area contributed by atoms with Crippen LogP contribution >= 0.6 is 11.3 Å². The maximum absolute atomic E-state index is 16.0. The first kappa shape index (κ1) is 29.7. The van der Waals surface area contributed by atoms with Gasteiger partial charge in [0.1, 0.15) is 6.04 Å². The molecule has 44 heavy (non-hydrogen) atoms. The van der Waals surface area contributed by atoms with Crippen LogP contribution in [-0.2, 0) is 24.7 Å². The molecule has 4 aromatic rings. The van der Waals surface area contributed by atoms with Gasteiger partial charge in [-0.3, -0.25) is 19.3 Å². The molecule has 1 saturated heterocycles. The fraction of sp³-hybridized carbons (Fsp3) is 0.333. The van der Waals surface area contributed by atoms with Crippen LogP contribution in [-0.4, -0.2) is 58.4 Å². The third-order valence-corrected chi connectivity index (χ3v) is 9.72. The van der Waals surface area contributed by atoms with Gasteiger partial charge < -0.3 is 20.1 Å². The van der Waals surface area contributed by atoms with Gasteiger partial charge in [-0.05, 0) is 80.6 Å². The first-order valence-electron chi connectivity index (χ1n) is 14.7. The van der Waals surface area contributed by atoms with E-state index >= 15 is 4.39 Å². The Labute approximate surface area is 259 Å². The second kappa shape index (κ2) is 12.0. The highest BCUT2D eigenvalue weighted by Gasteiger charge is 2.32. The molecule has 2 aromatic carbocycles. The minimum absolute atomic E-state index is 0.0260. The number of nitrogens with one attached hydrogen (secondary N) is 2. The Bertz CT molecular complexity index is 1790. The Kier molecular flexibility index (Phi) is 8.08. The monoisotopic (exact) mass is 614 g/mol. The van der Waals surface area contributed by atoms with Crippen molar-refractivity contribution in [3.05, 3.63) is 91.3 Å². The van der Waals surface area contributed by atoms with E-state index in [-0.39, 0.29) is 46.2 Å². The molecule has 1 atom stereocenters. The van der Waals surface area contributed by atoms with Gasteiger partial charge >= 0.3 is 0 Å². The summed E-state index contributed by atoms with van der Waals surface area (Å²) in [6.07, 6.45) is 5.66. The first-order valence-corrected chi connectivity index (χ1v) is 15.5. The number of piperazine rings is 1. The van der Waals surface area contributed by atoms with E-state index in [0.29, 0.717) is 22.7 Å². The van der Waals surface area contributed by atoms with Gasteiger partial charge in [0.25, 0.3) is 11.5 Å². The van der Waals surface area contributed by atoms with E-state index in [2.05, 4.69) is 15.6 Å². The minimum Gasteiger partial charge on any atom is -0.343 e. The number of aromatic nitrogens is 2. The number of carbonyl (C=O) groups excluding carboxylic acids is 2. The van der Waals surface area contributed by atoms with Gasteiger partial charge in [0, 0.05) is 49.5 Å². The summed E-state index contributed by atoms with van der Waals surface area (Å²) >= 11 is 1.48. The number of hydrogen-bond donors (Lipinski definition) is 2. The molecule has 0 bridgehead atoms. The Hall–Kier alpha value is -4.35. The minimum atomic E-state index is -0.618. The molecule has 2 aromatic heterocycles. The van der Waals surface area contributed by atoms with E-state index in [0.717, 1.165) is 37.8 Å². The number of fused-ring (bicyclic) bond motifs is 1. The molecule has 228 valence electrons. The smallest absolute Gasteiger partial charge is 0.293 e. The lowest BCUT2D eigenvalue weighted by molar-refractivity contribution is -0.139. The second-order valence-electron chi connectivity index (χ2n) is 11.6. The second-order valence-corrected chi connectivity index (χ2v) is 12.8. The van der Waals surface area contributed by atoms with Crippen molar-refractivity contribution in [1.82, 2.24) is 19.4 Å². The number of benzene rings is 2. The number of likely N-dealkylation sites (N-methyl/N-ethyl adjacent to an activating group) is 2. The normalized spacial score (nSPS) is 17.0. The predicted octanol–water partition coefficient (Wildman–Crippen LogP) is 5.28. The molecule has 1 fully saturated rings. The Morgan fingerprint density at radius 2 is 1.77 bits per heavy atom. The maximum Gasteiger partial charge on any atom is 0.293 e. The lowest BCUT2D eigenvalue weighted by Gasteiger charge is -2.37. The van der Waals surface area contributed by atoms with Crippen LogP contribution < -0.4 is 16.2 Å². The van der Waals surface area contributed by atoms with Crippen LogP contribution in [0.2, 0.25) is 0 Å². The summed E-state index contributed by atoms with van der Waals surface area (Å²) in [6.45, 7) is 3.20. The average molecular weight is 615 g/mol. The quantitative estimate of drug-likeness (QED) is 0.307. The van der Waals surface area contributed by atoms with E-state index < -0.39 is 5.82 Å². The molecule has 2 aliphatic rings. The molecule has 0 radical (unpaired) electrons. The molecule has 1 aliphatic heterocycles. The van der Waals surface area contributed by atoms with Crippen LogP contribution in [0.15, 0.2) is 53.5 Å². The first-order chi connectivity index (χ1) is 21.1. The van der Waals surface area contributed by atoms with Crippen LogP contribution in [0.4, 0.5) is 21.6 Å². The number of aryl methyl sites for hydroxylation is 4. The highest BCUT2D eigenvalue weighted by molar-refractivity contribution is 7.14. The number of nitrogens with zero attached hydrogens (tertiary/aromatic N) is 4. The number of hydrogen-bond acceptors (Lipinski definition) is 7. The number of anilines is 3. The summed E-state index contributed by atoms with van der Waals surface area (Å²) in [5.74, 6) is -0.895. The summed E-state index contributed by atoms with van der Waals surface area (Å²) in [7, 11) is 5.31. The molecule has 6 rings (SSSR count). The molecule has 1 unspecified atom stereocenters. The highest BCUT2D eigenvalue weighted by Crippen LogP contribution is 2.33. The van der Waals surface area contributed by atoms with Crippen molar-refractivity contribution in [1.29, 1.82) is 0 Å². The van der Waals surface area contributed by atoms with Crippen LogP contribution in [0.3, 0.4) is 0 Å². The van der Waals surface area contributed by atoms with Gasteiger partial charge in [-0.1, -0.05) is 18.2 Å². The Morgan fingerprint density at radius 1 is 1.02 bits per heavy atom. The Balaban J connectivity index is 1.26. The van der Waals surface area contributed by atoms with Crippen molar-refractivity contribution in [2.24, 2.45) is 7.05 Å². The predicted molar refractivity (Wildman–Crippen MR) is 171 cm³/mol. The number of halogens is 1. The summed E-state index contributed by atoms with van der Waals surface area (Å²) in [5, 5.41) is 5.85. The number of thiophene rings is 1. The molecular weight excluding hydrogens is 579 g/mol. The van der Waals surface area contributed by atoms with E-state index in [1.165, 1.54) is 32.5 Å². The van der Waals surface area contributed by atoms with Crippen molar-refractivity contribution in [3.8, 4) is 11.3 Å². The lowest BCUT2D eigenvalue weighted by Crippen LogP contribution is -2.48. The summed E-state index contributed by atoms with van der Waals surface area (Å²) in [5.41, 5.74) is 3.35. The van der Waals surface area contributed by atoms with Gasteiger partial charge in [0.15, 0.2) is 11.6 Å². The van der Waals surface area contributed by atoms with Gasteiger partial charge in [-0.2, -0.15) is 0 Å².